The van der Waals surface area contributed by atoms with Crippen molar-refractivity contribution in [3.63, 3.8) is 0 Å². The first kappa shape index (κ1) is 20.1. The fourth-order valence-electron chi connectivity index (χ4n) is 2.87. The SMILES string of the molecule is Cc1nc(-c2cccc(NC(=O)c3cc(F)ccc3F)c2)c(-c2ccnc(Cl)n2)s1. The van der Waals surface area contributed by atoms with E-state index >= 15 is 0 Å². The molecule has 2 heterocycles. The number of hydrogen-bond donors (Lipinski definition) is 1. The number of benzene rings is 2. The number of anilines is 1. The van der Waals surface area contributed by atoms with Gasteiger partial charge in [0.25, 0.3) is 5.91 Å². The Balaban J connectivity index is 1.68. The van der Waals surface area contributed by atoms with Crippen LogP contribution in [0.1, 0.15) is 15.4 Å². The van der Waals surface area contributed by atoms with Gasteiger partial charge < -0.3 is 5.32 Å². The van der Waals surface area contributed by atoms with E-state index in [1.165, 1.54) is 11.3 Å². The molecule has 1 N–H and O–H groups in total. The molecule has 0 spiro atoms. The Morgan fingerprint density at radius 1 is 1.10 bits per heavy atom. The van der Waals surface area contributed by atoms with Gasteiger partial charge in [-0.1, -0.05) is 12.1 Å². The van der Waals surface area contributed by atoms with E-state index in [4.69, 9.17) is 11.6 Å². The molecule has 4 aromatic rings. The van der Waals surface area contributed by atoms with Crippen molar-refractivity contribution in [3.05, 3.63) is 82.2 Å². The van der Waals surface area contributed by atoms with Crippen LogP contribution in [0.25, 0.3) is 21.8 Å². The second kappa shape index (κ2) is 8.25. The molecule has 0 saturated heterocycles. The normalized spacial score (nSPS) is 10.8. The number of nitrogens with zero attached hydrogens (tertiary/aromatic N) is 3. The zero-order chi connectivity index (χ0) is 21.3. The minimum atomic E-state index is -0.803. The van der Waals surface area contributed by atoms with Crippen molar-refractivity contribution in [2.24, 2.45) is 0 Å². The third kappa shape index (κ3) is 4.19. The molecule has 0 fully saturated rings. The van der Waals surface area contributed by atoms with Gasteiger partial charge in [0.2, 0.25) is 5.28 Å². The zero-order valence-corrected chi connectivity index (χ0v) is 17.1. The quantitative estimate of drug-likeness (QED) is 0.408. The second-order valence-corrected chi connectivity index (χ2v) is 7.82. The van der Waals surface area contributed by atoms with Crippen LogP contribution in [0.3, 0.4) is 0 Å². The summed E-state index contributed by atoms with van der Waals surface area (Å²) < 4.78 is 27.3. The molecule has 0 unspecified atom stereocenters. The Labute approximate surface area is 179 Å². The molecule has 2 aromatic heterocycles. The van der Waals surface area contributed by atoms with Gasteiger partial charge in [-0.15, -0.1) is 11.3 Å². The molecule has 30 heavy (non-hydrogen) atoms. The topological polar surface area (TPSA) is 67.8 Å². The standard InChI is InChI=1S/C21H13ClF2N4OS/c1-11-26-18(19(30-11)17-7-8-25-21(22)28-17)12-3-2-4-14(9-12)27-20(29)15-10-13(23)5-6-16(15)24/h2-10H,1H3,(H,27,29). The van der Waals surface area contributed by atoms with Gasteiger partial charge in [0.15, 0.2) is 0 Å². The molecule has 0 bridgehead atoms. The van der Waals surface area contributed by atoms with Crippen LogP contribution in [0.5, 0.6) is 0 Å². The van der Waals surface area contributed by atoms with Crippen LogP contribution >= 0.6 is 22.9 Å². The summed E-state index contributed by atoms with van der Waals surface area (Å²) in [4.78, 5) is 25.9. The van der Waals surface area contributed by atoms with Gasteiger partial charge in [-0.25, -0.2) is 23.7 Å². The lowest BCUT2D eigenvalue weighted by Gasteiger charge is -2.08. The largest absolute Gasteiger partial charge is 0.322 e. The Bertz CT molecular complexity index is 1260. The molecular weight excluding hydrogens is 430 g/mol. The average Bonchev–Trinajstić information content (AvgIpc) is 3.12. The molecule has 0 aliphatic rings. The number of aryl methyl sites for hydroxylation is 1. The second-order valence-electron chi connectivity index (χ2n) is 6.28. The third-order valence-electron chi connectivity index (χ3n) is 4.16. The molecule has 2 aromatic carbocycles. The predicted octanol–water partition coefficient (Wildman–Crippen LogP) is 5.76. The first-order chi connectivity index (χ1) is 14.4. The summed E-state index contributed by atoms with van der Waals surface area (Å²) in [7, 11) is 0. The van der Waals surface area contributed by atoms with Crippen LogP contribution in [0.15, 0.2) is 54.7 Å². The summed E-state index contributed by atoms with van der Waals surface area (Å²) in [6.07, 6.45) is 1.56. The number of thiazole rings is 1. The van der Waals surface area contributed by atoms with E-state index in [0.29, 0.717) is 17.1 Å². The van der Waals surface area contributed by atoms with Crippen molar-refractivity contribution in [2.45, 2.75) is 6.92 Å². The van der Waals surface area contributed by atoms with E-state index in [0.717, 1.165) is 33.6 Å². The van der Waals surface area contributed by atoms with E-state index in [1.807, 2.05) is 13.0 Å². The van der Waals surface area contributed by atoms with Gasteiger partial charge in [-0.2, -0.15) is 0 Å². The van der Waals surface area contributed by atoms with Crippen LogP contribution < -0.4 is 5.32 Å². The number of carbonyl (C=O) groups excluding carboxylic acids is 1. The van der Waals surface area contributed by atoms with E-state index in [2.05, 4.69) is 20.3 Å². The van der Waals surface area contributed by atoms with Crippen LogP contribution in [0, 0.1) is 18.6 Å². The highest BCUT2D eigenvalue weighted by Crippen LogP contribution is 2.36. The van der Waals surface area contributed by atoms with Crippen molar-refractivity contribution >= 4 is 34.5 Å². The Morgan fingerprint density at radius 3 is 2.73 bits per heavy atom. The Morgan fingerprint density at radius 2 is 1.93 bits per heavy atom. The number of rotatable bonds is 4. The molecular formula is C21H13ClF2N4OS. The van der Waals surface area contributed by atoms with E-state index in [-0.39, 0.29) is 10.8 Å². The van der Waals surface area contributed by atoms with Gasteiger partial charge in [0.1, 0.15) is 11.6 Å². The summed E-state index contributed by atoms with van der Waals surface area (Å²) in [6, 6.07) is 11.4. The van der Waals surface area contributed by atoms with Gasteiger partial charge in [0, 0.05) is 17.4 Å². The maximum absolute atomic E-state index is 13.9. The Kier molecular flexibility index (Phi) is 5.52. The molecule has 1 amide bonds. The molecule has 5 nitrogen and oxygen atoms in total. The van der Waals surface area contributed by atoms with Gasteiger partial charge >= 0.3 is 0 Å². The van der Waals surface area contributed by atoms with Crippen molar-refractivity contribution in [1.82, 2.24) is 15.0 Å². The minimum absolute atomic E-state index is 0.127. The number of nitrogens with one attached hydrogen (secondary N) is 1. The molecule has 0 saturated carbocycles. The number of amides is 1. The number of carbonyl (C=O) groups is 1. The molecule has 0 atom stereocenters. The fourth-order valence-corrected chi connectivity index (χ4v) is 3.93. The van der Waals surface area contributed by atoms with E-state index < -0.39 is 17.5 Å². The van der Waals surface area contributed by atoms with Crippen molar-refractivity contribution in [3.8, 4) is 21.8 Å². The van der Waals surface area contributed by atoms with Crippen LogP contribution in [0.2, 0.25) is 5.28 Å². The fraction of sp³-hybridized carbons (Fsp3) is 0.0476. The van der Waals surface area contributed by atoms with Gasteiger partial charge in [0.05, 0.1) is 26.8 Å². The molecule has 0 aliphatic carbocycles. The van der Waals surface area contributed by atoms with Crippen LogP contribution in [-0.2, 0) is 0 Å². The summed E-state index contributed by atoms with van der Waals surface area (Å²) >= 11 is 7.37. The molecule has 4 rings (SSSR count). The summed E-state index contributed by atoms with van der Waals surface area (Å²) in [5, 5.41) is 3.55. The first-order valence-electron chi connectivity index (χ1n) is 8.74. The number of aromatic nitrogens is 3. The number of halogens is 3. The summed E-state index contributed by atoms with van der Waals surface area (Å²) in [5.74, 6) is -2.24. The van der Waals surface area contributed by atoms with E-state index in [9.17, 15) is 13.6 Å². The maximum atomic E-state index is 13.9. The third-order valence-corrected chi connectivity index (χ3v) is 5.34. The lowest BCUT2D eigenvalue weighted by Crippen LogP contribution is -2.14. The smallest absolute Gasteiger partial charge is 0.258 e. The molecule has 9 heteroatoms. The zero-order valence-electron chi connectivity index (χ0n) is 15.5. The predicted molar refractivity (Wildman–Crippen MR) is 113 cm³/mol. The minimum Gasteiger partial charge on any atom is -0.322 e. The average molecular weight is 443 g/mol. The van der Waals surface area contributed by atoms with Gasteiger partial charge in [-0.3, -0.25) is 4.79 Å². The summed E-state index contributed by atoms with van der Waals surface area (Å²) in [5.41, 5.74) is 2.06. The molecule has 150 valence electrons. The van der Waals surface area contributed by atoms with Crippen molar-refractivity contribution < 1.29 is 13.6 Å². The van der Waals surface area contributed by atoms with Crippen molar-refractivity contribution in [1.29, 1.82) is 0 Å². The monoisotopic (exact) mass is 442 g/mol. The first-order valence-corrected chi connectivity index (χ1v) is 9.93. The van der Waals surface area contributed by atoms with Gasteiger partial charge in [-0.05, 0) is 54.9 Å². The maximum Gasteiger partial charge on any atom is 0.258 e. The highest BCUT2D eigenvalue weighted by atomic mass is 35.5. The van der Waals surface area contributed by atoms with E-state index in [1.54, 1.807) is 30.5 Å². The van der Waals surface area contributed by atoms with Crippen LogP contribution in [0.4, 0.5) is 14.5 Å². The highest BCUT2D eigenvalue weighted by Gasteiger charge is 2.17. The van der Waals surface area contributed by atoms with Crippen molar-refractivity contribution in [2.75, 3.05) is 5.32 Å². The summed E-state index contributed by atoms with van der Waals surface area (Å²) in [6.45, 7) is 1.87. The molecule has 0 radical (unpaired) electrons. The van der Waals surface area contributed by atoms with Crippen LogP contribution in [-0.4, -0.2) is 20.9 Å². The number of hydrogen-bond acceptors (Lipinski definition) is 5. The molecule has 0 aliphatic heterocycles. The lowest BCUT2D eigenvalue weighted by molar-refractivity contribution is 0.102. The lowest BCUT2D eigenvalue weighted by atomic mass is 10.1. The Hall–Kier alpha value is -3.23. The highest BCUT2D eigenvalue weighted by molar-refractivity contribution is 7.15.